The fraction of sp³-hybridized carbons (Fsp3) is 0.742. The van der Waals surface area contributed by atoms with Crippen molar-refractivity contribution in [2.45, 2.75) is 90.8 Å². The van der Waals surface area contributed by atoms with Crippen LogP contribution in [0.25, 0.3) is 0 Å². The van der Waals surface area contributed by atoms with Gasteiger partial charge in [-0.15, -0.1) is 0 Å². The maximum absolute atomic E-state index is 13.1. The van der Waals surface area contributed by atoms with Crippen molar-refractivity contribution in [2.24, 2.45) is 35.3 Å². The van der Waals surface area contributed by atoms with E-state index >= 15 is 0 Å². The van der Waals surface area contributed by atoms with Gasteiger partial charge in [0.1, 0.15) is 0 Å². The van der Waals surface area contributed by atoms with E-state index < -0.39 is 30.0 Å². The van der Waals surface area contributed by atoms with Gasteiger partial charge in [0.2, 0.25) is 5.91 Å². The number of rotatable bonds is 18. The van der Waals surface area contributed by atoms with Crippen LogP contribution in [0.1, 0.15) is 71.8 Å². The molecule has 6 atom stereocenters. The monoisotopic (exact) mass is 564 g/mol. The van der Waals surface area contributed by atoms with E-state index in [0.717, 1.165) is 24.8 Å². The van der Waals surface area contributed by atoms with Gasteiger partial charge in [0.25, 0.3) is 0 Å². The van der Waals surface area contributed by atoms with E-state index in [-0.39, 0.29) is 30.2 Å². The van der Waals surface area contributed by atoms with Gasteiger partial charge in [-0.2, -0.15) is 0 Å². The zero-order valence-corrected chi connectivity index (χ0v) is 25.2. The average molecular weight is 565 g/mol. The first kappa shape index (κ1) is 33.8. The summed E-state index contributed by atoms with van der Waals surface area (Å²) in [5.41, 5.74) is 7.64. The molecule has 1 aliphatic carbocycles. The third-order valence-electron chi connectivity index (χ3n) is 8.29. The number of hydrogen-bond donors (Lipinski definition) is 4. The molecule has 1 amide bonds. The molecule has 0 bridgehead atoms. The molecule has 2 unspecified atom stereocenters. The Hall–Kier alpha value is -2.36. The lowest BCUT2D eigenvalue weighted by Crippen LogP contribution is -2.46. The number of amides is 1. The summed E-state index contributed by atoms with van der Waals surface area (Å²) in [4.78, 5) is 24.7. The van der Waals surface area contributed by atoms with E-state index in [1.54, 1.807) is 14.2 Å². The van der Waals surface area contributed by atoms with E-state index in [9.17, 15) is 19.8 Å². The van der Waals surface area contributed by atoms with Gasteiger partial charge in [0.05, 0.1) is 25.7 Å². The van der Waals surface area contributed by atoms with Crippen LogP contribution in [0, 0.1) is 29.6 Å². The van der Waals surface area contributed by atoms with Crippen molar-refractivity contribution in [2.75, 3.05) is 27.4 Å². The number of nitrogens with two attached hydrogens (primary N) is 1. The standard InChI is InChI=1S/C31H52N2O7/c1-19(2)22(15-21-11-12-28(39-6)29(16-21)40-14-8-13-38-5)17-25(32)27(34)18-24(20(3)4)30(35)33-26-10-7-9-23(26)31(36)37/h11-12,16,19-20,22-27,34H,7-10,13-15,17-18,32H2,1-6H3,(H,33,35)(H,36,37)/t22-,23?,24-,25-,26?,27-/m0/s1. The number of hydrogen-bond acceptors (Lipinski definition) is 7. The van der Waals surface area contributed by atoms with Crippen LogP contribution >= 0.6 is 0 Å². The van der Waals surface area contributed by atoms with Crippen molar-refractivity contribution in [3.05, 3.63) is 23.8 Å². The highest BCUT2D eigenvalue weighted by Crippen LogP contribution is 2.32. The Labute approximate surface area is 240 Å². The largest absolute Gasteiger partial charge is 0.493 e. The molecular weight excluding hydrogens is 512 g/mol. The van der Waals surface area contributed by atoms with Crippen molar-refractivity contribution >= 4 is 11.9 Å². The van der Waals surface area contributed by atoms with E-state index in [4.69, 9.17) is 19.9 Å². The molecule has 0 radical (unpaired) electrons. The highest BCUT2D eigenvalue weighted by molar-refractivity contribution is 5.80. The summed E-state index contributed by atoms with van der Waals surface area (Å²) in [5.74, 6) is -0.178. The number of carbonyl (C=O) groups excluding carboxylic acids is 1. The number of aliphatic carboxylic acids is 1. The van der Waals surface area contributed by atoms with Gasteiger partial charge in [-0.05, 0) is 67.6 Å². The number of carboxylic acids is 1. The molecule has 228 valence electrons. The van der Waals surface area contributed by atoms with Gasteiger partial charge in [-0.25, -0.2) is 0 Å². The number of nitrogens with one attached hydrogen (secondary N) is 1. The summed E-state index contributed by atoms with van der Waals surface area (Å²) in [7, 11) is 3.29. The number of benzene rings is 1. The van der Waals surface area contributed by atoms with Gasteiger partial charge in [-0.1, -0.05) is 40.2 Å². The summed E-state index contributed by atoms with van der Waals surface area (Å²) in [6, 6.07) is 5.10. The molecule has 0 saturated heterocycles. The van der Waals surface area contributed by atoms with E-state index in [1.807, 2.05) is 32.0 Å². The number of ether oxygens (including phenoxy) is 3. The predicted octanol–water partition coefficient (Wildman–Crippen LogP) is 4.04. The van der Waals surface area contributed by atoms with Crippen LogP contribution in [0.5, 0.6) is 11.5 Å². The van der Waals surface area contributed by atoms with Crippen molar-refractivity contribution in [1.29, 1.82) is 0 Å². The van der Waals surface area contributed by atoms with Crippen LogP contribution in [-0.2, 0) is 20.7 Å². The van der Waals surface area contributed by atoms with E-state index in [1.165, 1.54) is 0 Å². The van der Waals surface area contributed by atoms with Crippen LogP contribution in [0.4, 0.5) is 0 Å². The Morgan fingerprint density at radius 2 is 1.77 bits per heavy atom. The number of methoxy groups -OCH3 is 2. The number of aliphatic hydroxyl groups excluding tert-OH is 1. The summed E-state index contributed by atoms with van der Waals surface area (Å²) in [5, 5.41) is 23.5. The molecule has 1 aromatic carbocycles. The van der Waals surface area contributed by atoms with Crippen molar-refractivity contribution < 1.29 is 34.0 Å². The molecule has 5 N–H and O–H groups in total. The number of carboxylic acid groups (broad SMARTS) is 1. The molecule has 0 aromatic heterocycles. The van der Waals surface area contributed by atoms with Gasteiger partial charge >= 0.3 is 5.97 Å². The lowest BCUT2D eigenvalue weighted by molar-refractivity contribution is -0.142. The van der Waals surface area contributed by atoms with Gasteiger partial charge in [0, 0.05) is 38.1 Å². The summed E-state index contributed by atoms with van der Waals surface area (Å²) < 4.78 is 16.5. The molecule has 0 aliphatic heterocycles. The molecule has 1 aliphatic rings. The summed E-state index contributed by atoms with van der Waals surface area (Å²) in [6.07, 6.45) is 3.56. The summed E-state index contributed by atoms with van der Waals surface area (Å²) >= 11 is 0. The molecule has 1 saturated carbocycles. The molecule has 2 rings (SSSR count). The van der Waals surface area contributed by atoms with Crippen LogP contribution in [0.15, 0.2) is 18.2 Å². The lowest BCUT2D eigenvalue weighted by atomic mass is 9.80. The minimum absolute atomic E-state index is 0.0194. The Morgan fingerprint density at radius 3 is 2.38 bits per heavy atom. The smallest absolute Gasteiger partial charge is 0.308 e. The maximum atomic E-state index is 13.1. The first-order valence-corrected chi connectivity index (χ1v) is 14.7. The second-order valence-electron chi connectivity index (χ2n) is 11.9. The van der Waals surface area contributed by atoms with Gasteiger partial charge < -0.3 is 35.5 Å². The molecule has 1 aromatic rings. The summed E-state index contributed by atoms with van der Waals surface area (Å²) in [6.45, 7) is 9.35. The Kier molecular flexibility index (Phi) is 14.2. The highest BCUT2D eigenvalue weighted by atomic mass is 16.5. The van der Waals surface area contributed by atoms with Crippen LogP contribution in [0.3, 0.4) is 0 Å². The van der Waals surface area contributed by atoms with Gasteiger partial charge in [0.15, 0.2) is 11.5 Å². The van der Waals surface area contributed by atoms with Crippen molar-refractivity contribution in [3.8, 4) is 11.5 Å². The van der Waals surface area contributed by atoms with Crippen LogP contribution < -0.4 is 20.5 Å². The molecular formula is C31H52N2O7. The van der Waals surface area contributed by atoms with Crippen molar-refractivity contribution in [3.63, 3.8) is 0 Å². The van der Waals surface area contributed by atoms with Crippen LogP contribution in [0.2, 0.25) is 0 Å². The third kappa shape index (κ3) is 10.2. The second kappa shape index (κ2) is 16.8. The first-order valence-electron chi connectivity index (χ1n) is 14.7. The molecule has 0 spiro atoms. The Morgan fingerprint density at radius 1 is 1.05 bits per heavy atom. The zero-order chi connectivity index (χ0) is 29.8. The zero-order valence-electron chi connectivity index (χ0n) is 25.2. The minimum Gasteiger partial charge on any atom is -0.493 e. The van der Waals surface area contributed by atoms with Crippen molar-refractivity contribution in [1.82, 2.24) is 5.32 Å². The fourth-order valence-corrected chi connectivity index (χ4v) is 5.58. The van der Waals surface area contributed by atoms with Gasteiger partial charge in [-0.3, -0.25) is 9.59 Å². The molecule has 0 heterocycles. The number of aliphatic hydroxyl groups is 1. The highest BCUT2D eigenvalue weighted by Gasteiger charge is 2.36. The normalized spacial score (nSPS) is 20.2. The molecule has 9 nitrogen and oxygen atoms in total. The first-order chi connectivity index (χ1) is 19.0. The average Bonchev–Trinajstić information content (AvgIpc) is 3.37. The fourth-order valence-electron chi connectivity index (χ4n) is 5.58. The second-order valence-corrected chi connectivity index (χ2v) is 11.9. The predicted molar refractivity (Wildman–Crippen MR) is 155 cm³/mol. The number of carbonyl (C=O) groups is 2. The Bertz CT molecular complexity index is 923. The minimum atomic E-state index is -0.868. The molecule has 9 heteroatoms. The van der Waals surface area contributed by atoms with E-state index in [2.05, 4.69) is 19.2 Å². The topological polar surface area (TPSA) is 140 Å². The SMILES string of the molecule is COCCCOc1cc(C[C@@H](C[C@H](N)[C@@H](O)C[C@H](C(=O)NC2CCCC2C(=O)O)C(C)C)C(C)C)ccc1OC. The quantitative estimate of drug-likeness (QED) is 0.196. The third-order valence-corrected chi connectivity index (χ3v) is 8.29. The molecule has 40 heavy (non-hydrogen) atoms. The van der Waals surface area contributed by atoms with Crippen LogP contribution in [-0.4, -0.2) is 67.7 Å². The van der Waals surface area contributed by atoms with E-state index in [0.29, 0.717) is 49.9 Å². The molecule has 1 fully saturated rings. The maximum Gasteiger partial charge on any atom is 0.308 e. The lowest BCUT2D eigenvalue weighted by Gasteiger charge is -2.31. The Balaban J connectivity index is 2.03.